The van der Waals surface area contributed by atoms with E-state index in [-0.39, 0.29) is 22.5 Å². The van der Waals surface area contributed by atoms with Gasteiger partial charge in [-0.1, -0.05) is 48.0 Å². The van der Waals surface area contributed by atoms with Crippen LogP contribution in [-0.4, -0.2) is 17.7 Å². The van der Waals surface area contributed by atoms with Gasteiger partial charge in [-0.05, 0) is 24.1 Å². The van der Waals surface area contributed by atoms with Gasteiger partial charge in [-0.25, -0.2) is 4.79 Å². The van der Waals surface area contributed by atoms with E-state index in [2.05, 4.69) is 10.6 Å². The third-order valence-electron chi connectivity index (χ3n) is 2.78. The fourth-order valence-electron chi connectivity index (χ4n) is 1.75. The number of hydrogen-bond acceptors (Lipinski definition) is 2. The molecule has 0 aromatic heterocycles. The van der Waals surface area contributed by atoms with Gasteiger partial charge in [0.15, 0.2) is 5.75 Å². The Morgan fingerprint density at radius 1 is 1.10 bits per heavy atom. The minimum absolute atomic E-state index is 0.132. The Morgan fingerprint density at radius 3 is 2.60 bits per heavy atom. The highest BCUT2D eigenvalue weighted by Gasteiger charge is 2.08. The zero-order valence-corrected chi connectivity index (χ0v) is 11.5. The van der Waals surface area contributed by atoms with Crippen molar-refractivity contribution in [3.63, 3.8) is 0 Å². The van der Waals surface area contributed by atoms with E-state index in [9.17, 15) is 9.90 Å². The molecule has 2 rings (SSSR count). The number of rotatable bonds is 4. The molecule has 0 fully saturated rings. The summed E-state index contributed by atoms with van der Waals surface area (Å²) in [5, 5.41) is 15.2. The van der Waals surface area contributed by atoms with E-state index in [1.165, 1.54) is 0 Å². The molecule has 0 radical (unpaired) electrons. The van der Waals surface area contributed by atoms with E-state index >= 15 is 0 Å². The van der Waals surface area contributed by atoms with Crippen LogP contribution in [0, 0.1) is 0 Å². The van der Waals surface area contributed by atoms with Gasteiger partial charge in [0.2, 0.25) is 0 Å². The highest BCUT2D eigenvalue weighted by atomic mass is 35.5. The Balaban J connectivity index is 1.82. The zero-order valence-electron chi connectivity index (χ0n) is 10.8. The number of anilines is 1. The molecule has 0 aliphatic rings. The van der Waals surface area contributed by atoms with E-state index in [0.717, 1.165) is 12.0 Å². The van der Waals surface area contributed by atoms with Crippen LogP contribution in [0.2, 0.25) is 5.02 Å². The maximum Gasteiger partial charge on any atom is 0.319 e. The summed E-state index contributed by atoms with van der Waals surface area (Å²) in [6.45, 7) is 0.511. The molecule has 2 aromatic carbocycles. The second-order valence-corrected chi connectivity index (χ2v) is 4.66. The van der Waals surface area contributed by atoms with Gasteiger partial charge in [-0.3, -0.25) is 0 Å². The number of aromatic hydroxyl groups is 1. The van der Waals surface area contributed by atoms with Crippen molar-refractivity contribution < 1.29 is 9.90 Å². The van der Waals surface area contributed by atoms with Crippen LogP contribution in [0.4, 0.5) is 10.5 Å². The lowest BCUT2D eigenvalue weighted by atomic mass is 10.1. The third kappa shape index (κ3) is 3.90. The van der Waals surface area contributed by atoms with E-state index in [0.29, 0.717) is 6.54 Å². The van der Waals surface area contributed by atoms with E-state index in [1.54, 1.807) is 18.2 Å². The molecule has 4 nitrogen and oxygen atoms in total. The highest BCUT2D eigenvalue weighted by molar-refractivity contribution is 6.32. The van der Waals surface area contributed by atoms with Crippen LogP contribution in [0.3, 0.4) is 0 Å². The first kappa shape index (κ1) is 14.2. The van der Waals surface area contributed by atoms with Gasteiger partial charge in [0.05, 0.1) is 10.7 Å². The van der Waals surface area contributed by atoms with Crippen LogP contribution in [0.25, 0.3) is 0 Å². The minimum atomic E-state index is -0.376. The van der Waals surface area contributed by atoms with Crippen molar-refractivity contribution in [1.82, 2.24) is 5.32 Å². The number of para-hydroxylation sites is 1. The van der Waals surface area contributed by atoms with Crippen molar-refractivity contribution in [2.45, 2.75) is 6.42 Å². The second kappa shape index (κ2) is 6.82. The first-order valence-electron chi connectivity index (χ1n) is 6.23. The first-order valence-corrected chi connectivity index (χ1v) is 6.61. The summed E-state index contributed by atoms with van der Waals surface area (Å²) in [6, 6.07) is 14.3. The third-order valence-corrected chi connectivity index (χ3v) is 3.08. The van der Waals surface area contributed by atoms with Gasteiger partial charge < -0.3 is 15.7 Å². The standard InChI is InChI=1S/C15H15ClN2O2/c16-12-7-4-8-13(14(12)19)18-15(20)17-10-9-11-5-2-1-3-6-11/h1-8,19H,9-10H2,(H2,17,18,20). The van der Waals surface area contributed by atoms with Gasteiger partial charge in [0.1, 0.15) is 0 Å². The van der Waals surface area contributed by atoms with Crippen LogP contribution in [-0.2, 0) is 6.42 Å². The summed E-state index contributed by atoms with van der Waals surface area (Å²) in [5.41, 5.74) is 1.44. The number of benzene rings is 2. The predicted octanol–water partition coefficient (Wildman–Crippen LogP) is 3.41. The smallest absolute Gasteiger partial charge is 0.319 e. The average molecular weight is 291 g/mol. The molecule has 2 amide bonds. The number of amides is 2. The van der Waals surface area contributed by atoms with E-state index < -0.39 is 0 Å². The van der Waals surface area contributed by atoms with Crippen LogP contribution in [0.5, 0.6) is 5.75 Å². The molecule has 2 aromatic rings. The minimum Gasteiger partial charge on any atom is -0.504 e. The van der Waals surface area contributed by atoms with Gasteiger partial charge in [-0.2, -0.15) is 0 Å². The summed E-state index contributed by atoms with van der Waals surface area (Å²) in [4.78, 5) is 11.7. The molecule has 104 valence electrons. The number of halogens is 1. The van der Waals surface area contributed by atoms with Crippen LogP contribution in [0.15, 0.2) is 48.5 Å². The van der Waals surface area contributed by atoms with Crippen molar-refractivity contribution >= 4 is 23.3 Å². The lowest BCUT2D eigenvalue weighted by molar-refractivity contribution is 0.252. The van der Waals surface area contributed by atoms with E-state index in [1.807, 2.05) is 30.3 Å². The maximum atomic E-state index is 11.7. The summed E-state index contributed by atoms with van der Waals surface area (Å²) < 4.78 is 0. The van der Waals surface area contributed by atoms with Crippen molar-refractivity contribution in [2.75, 3.05) is 11.9 Å². The van der Waals surface area contributed by atoms with E-state index in [4.69, 9.17) is 11.6 Å². The summed E-state index contributed by atoms with van der Waals surface area (Å²) in [6.07, 6.45) is 0.746. The topological polar surface area (TPSA) is 61.4 Å². The lowest BCUT2D eigenvalue weighted by Crippen LogP contribution is -2.30. The molecule has 0 bridgehead atoms. The molecular formula is C15H15ClN2O2. The Bertz CT molecular complexity index is 588. The number of hydrogen-bond donors (Lipinski definition) is 3. The Hall–Kier alpha value is -2.20. The van der Waals surface area contributed by atoms with Crippen molar-refractivity contribution in [3.8, 4) is 5.75 Å². The molecule has 20 heavy (non-hydrogen) atoms. The lowest BCUT2D eigenvalue weighted by Gasteiger charge is -2.09. The molecular weight excluding hydrogens is 276 g/mol. The fraction of sp³-hybridized carbons (Fsp3) is 0.133. The summed E-state index contributed by atoms with van der Waals surface area (Å²) in [7, 11) is 0. The summed E-state index contributed by atoms with van der Waals surface area (Å²) in [5.74, 6) is -0.132. The average Bonchev–Trinajstić information content (AvgIpc) is 2.45. The summed E-state index contributed by atoms with van der Waals surface area (Å²) >= 11 is 5.76. The number of carbonyl (C=O) groups is 1. The number of phenolic OH excluding ortho intramolecular Hbond substituents is 1. The van der Waals surface area contributed by atoms with Crippen LogP contribution >= 0.6 is 11.6 Å². The van der Waals surface area contributed by atoms with Crippen LogP contribution in [0.1, 0.15) is 5.56 Å². The predicted molar refractivity (Wildman–Crippen MR) is 80.3 cm³/mol. The molecule has 0 atom stereocenters. The molecule has 0 unspecified atom stereocenters. The van der Waals surface area contributed by atoms with Gasteiger partial charge in [-0.15, -0.1) is 0 Å². The zero-order chi connectivity index (χ0) is 14.4. The molecule has 0 saturated carbocycles. The van der Waals surface area contributed by atoms with Gasteiger partial charge in [0, 0.05) is 6.54 Å². The maximum absolute atomic E-state index is 11.7. The normalized spacial score (nSPS) is 10.1. The highest BCUT2D eigenvalue weighted by Crippen LogP contribution is 2.30. The van der Waals surface area contributed by atoms with Gasteiger partial charge >= 0.3 is 6.03 Å². The largest absolute Gasteiger partial charge is 0.504 e. The molecule has 0 saturated heterocycles. The molecule has 5 heteroatoms. The quantitative estimate of drug-likeness (QED) is 0.756. The molecule has 0 heterocycles. The number of nitrogens with one attached hydrogen (secondary N) is 2. The second-order valence-electron chi connectivity index (χ2n) is 4.25. The molecule has 0 aliphatic heterocycles. The van der Waals surface area contributed by atoms with Crippen molar-refractivity contribution in [1.29, 1.82) is 0 Å². The van der Waals surface area contributed by atoms with Gasteiger partial charge in [0.25, 0.3) is 0 Å². The number of phenols is 1. The fourth-order valence-corrected chi connectivity index (χ4v) is 1.92. The van der Waals surface area contributed by atoms with Crippen molar-refractivity contribution in [2.24, 2.45) is 0 Å². The molecule has 0 spiro atoms. The number of urea groups is 1. The molecule has 3 N–H and O–H groups in total. The van der Waals surface area contributed by atoms with Crippen LogP contribution < -0.4 is 10.6 Å². The first-order chi connectivity index (χ1) is 9.66. The SMILES string of the molecule is O=C(NCCc1ccccc1)Nc1cccc(Cl)c1O. The Morgan fingerprint density at radius 2 is 1.85 bits per heavy atom. The van der Waals surface area contributed by atoms with Crippen molar-refractivity contribution in [3.05, 3.63) is 59.1 Å². The Labute approximate surface area is 122 Å². The molecule has 0 aliphatic carbocycles. The number of carbonyl (C=O) groups excluding carboxylic acids is 1. The monoisotopic (exact) mass is 290 g/mol. The Kier molecular flexibility index (Phi) is 4.85.